The number of likely N-dealkylation sites (tertiary alicyclic amines) is 1. The Balaban J connectivity index is 1.58. The number of aromatic nitrogens is 2. The highest BCUT2D eigenvalue weighted by atomic mass is 32.2. The number of aryl methyl sites for hydroxylation is 1. The molecule has 0 saturated carbocycles. The van der Waals surface area contributed by atoms with Gasteiger partial charge < -0.3 is 4.57 Å². The van der Waals surface area contributed by atoms with Gasteiger partial charge in [-0.05, 0) is 31.5 Å². The lowest BCUT2D eigenvalue weighted by atomic mass is 10.2. The van der Waals surface area contributed by atoms with Crippen molar-refractivity contribution in [2.45, 2.75) is 23.8 Å². The van der Waals surface area contributed by atoms with Gasteiger partial charge in [0.1, 0.15) is 11.6 Å². The minimum Gasteiger partial charge on any atom is -0.337 e. The van der Waals surface area contributed by atoms with Crippen molar-refractivity contribution in [3.8, 4) is 0 Å². The molecule has 1 unspecified atom stereocenters. The molecule has 1 fully saturated rings. The molecule has 112 valence electrons. The van der Waals surface area contributed by atoms with E-state index >= 15 is 0 Å². The summed E-state index contributed by atoms with van der Waals surface area (Å²) in [6, 6.07) is 7.40. The zero-order chi connectivity index (χ0) is 14.7. The maximum absolute atomic E-state index is 13.6. The highest BCUT2D eigenvalue weighted by molar-refractivity contribution is 7.99. The van der Waals surface area contributed by atoms with Crippen LogP contribution in [0.3, 0.4) is 0 Å². The minimum absolute atomic E-state index is 0.121. The van der Waals surface area contributed by atoms with Crippen LogP contribution in [0.1, 0.15) is 24.7 Å². The van der Waals surface area contributed by atoms with E-state index in [1.807, 2.05) is 31.6 Å². The second-order valence-electron chi connectivity index (χ2n) is 5.37. The molecule has 1 aromatic carbocycles. The molecule has 1 aliphatic heterocycles. The standard InChI is InChI=1S/C16H20FN3S/c1-19-10-8-18-16(19)14-6-4-9-20(14)11-12-21-15-7-3-2-5-13(15)17/h2-3,5,7-8,10,14H,4,6,9,11-12H2,1H3. The van der Waals surface area contributed by atoms with Gasteiger partial charge in [0.25, 0.3) is 0 Å². The number of thioether (sulfide) groups is 1. The summed E-state index contributed by atoms with van der Waals surface area (Å²) < 4.78 is 15.7. The highest BCUT2D eigenvalue weighted by Gasteiger charge is 2.28. The van der Waals surface area contributed by atoms with Crippen molar-refractivity contribution in [1.82, 2.24) is 14.5 Å². The van der Waals surface area contributed by atoms with Gasteiger partial charge in [0.05, 0.1) is 6.04 Å². The zero-order valence-electron chi connectivity index (χ0n) is 12.2. The normalized spacial score (nSPS) is 19.2. The number of hydrogen-bond donors (Lipinski definition) is 0. The summed E-state index contributed by atoms with van der Waals surface area (Å²) in [7, 11) is 2.05. The third-order valence-electron chi connectivity index (χ3n) is 3.99. The SMILES string of the molecule is Cn1ccnc1C1CCCN1CCSc1ccccc1F. The van der Waals surface area contributed by atoms with Gasteiger partial charge in [-0.3, -0.25) is 4.90 Å². The fourth-order valence-electron chi connectivity index (χ4n) is 2.92. The molecule has 3 nitrogen and oxygen atoms in total. The largest absolute Gasteiger partial charge is 0.337 e. The molecule has 2 heterocycles. The van der Waals surface area contributed by atoms with Crippen LogP contribution in [0, 0.1) is 5.82 Å². The maximum Gasteiger partial charge on any atom is 0.136 e. The highest BCUT2D eigenvalue weighted by Crippen LogP contribution is 2.31. The van der Waals surface area contributed by atoms with Crippen LogP contribution in [0.25, 0.3) is 0 Å². The number of nitrogens with zero attached hydrogens (tertiary/aromatic N) is 3. The van der Waals surface area contributed by atoms with Crippen LogP contribution in [0.4, 0.5) is 4.39 Å². The molecule has 2 aromatic rings. The number of imidazole rings is 1. The lowest BCUT2D eigenvalue weighted by Gasteiger charge is -2.23. The van der Waals surface area contributed by atoms with Crippen molar-refractivity contribution in [3.63, 3.8) is 0 Å². The fraction of sp³-hybridized carbons (Fsp3) is 0.438. The van der Waals surface area contributed by atoms with E-state index in [0.717, 1.165) is 36.0 Å². The third kappa shape index (κ3) is 3.30. The van der Waals surface area contributed by atoms with E-state index in [2.05, 4.69) is 14.5 Å². The van der Waals surface area contributed by atoms with E-state index in [9.17, 15) is 4.39 Å². The van der Waals surface area contributed by atoms with Crippen molar-refractivity contribution < 1.29 is 4.39 Å². The first-order valence-electron chi connectivity index (χ1n) is 7.34. The van der Waals surface area contributed by atoms with Gasteiger partial charge in [0, 0.05) is 36.6 Å². The second-order valence-corrected chi connectivity index (χ2v) is 6.51. The van der Waals surface area contributed by atoms with Crippen molar-refractivity contribution in [3.05, 3.63) is 48.3 Å². The zero-order valence-corrected chi connectivity index (χ0v) is 13.0. The number of halogens is 1. The molecule has 5 heteroatoms. The first-order chi connectivity index (χ1) is 10.3. The summed E-state index contributed by atoms with van der Waals surface area (Å²) in [5.74, 6) is 1.93. The molecule has 0 amide bonds. The average Bonchev–Trinajstić information content (AvgIpc) is 3.09. The van der Waals surface area contributed by atoms with E-state index in [1.165, 1.54) is 12.5 Å². The summed E-state index contributed by atoms with van der Waals surface area (Å²) in [4.78, 5) is 7.69. The topological polar surface area (TPSA) is 21.1 Å². The Morgan fingerprint density at radius 2 is 2.24 bits per heavy atom. The first-order valence-corrected chi connectivity index (χ1v) is 8.33. The van der Waals surface area contributed by atoms with E-state index < -0.39 is 0 Å². The summed E-state index contributed by atoms with van der Waals surface area (Å²) in [6.07, 6.45) is 6.23. The summed E-state index contributed by atoms with van der Waals surface area (Å²) >= 11 is 1.59. The Morgan fingerprint density at radius 3 is 3.00 bits per heavy atom. The van der Waals surface area contributed by atoms with Crippen LogP contribution in [-0.2, 0) is 7.05 Å². The quantitative estimate of drug-likeness (QED) is 0.789. The molecule has 0 aliphatic carbocycles. The van der Waals surface area contributed by atoms with Crippen molar-refractivity contribution >= 4 is 11.8 Å². The Bertz CT molecular complexity index is 599. The molecule has 1 aromatic heterocycles. The molecule has 0 bridgehead atoms. The summed E-state index contributed by atoms with van der Waals surface area (Å²) in [5.41, 5.74) is 0. The molecular weight excluding hydrogens is 285 g/mol. The van der Waals surface area contributed by atoms with Crippen molar-refractivity contribution in [2.24, 2.45) is 7.05 Å². The third-order valence-corrected chi connectivity index (χ3v) is 5.02. The van der Waals surface area contributed by atoms with Crippen molar-refractivity contribution in [1.29, 1.82) is 0 Å². The molecule has 0 radical (unpaired) electrons. The maximum atomic E-state index is 13.6. The second kappa shape index (κ2) is 6.62. The van der Waals surface area contributed by atoms with Gasteiger partial charge in [-0.1, -0.05) is 12.1 Å². The molecule has 21 heavy (non-hydrogen) atoms. The Hall–Kier alpha value is -1.33. The summed E-state index contributed by atoms with van der Waals surface area (Å²) in [6.45, 7) is 2.08. The number of hydrogen-bond acceptors (Lipinski definition) is 3. The fourth-order valence-corrected chi connectivity index (χ4v) is 3.85. The predicted molar refractivity (Wildman–Crippen MR) is 83.9 cm³/mol. The smallest absolute Gasteiger partial charge is 0.136 e. The van der Waals surface area contributed by atoms with Gasteiger partial charge in [-0.15, -0.1) is 11.8 Å². The van der Waals surface area contributed by atoms with E-state index in [4.69, 9.17) is 0 Å². The molecule has 1 aliphatic rings. The average molecular weight is 305 g/mol. The number of rotatable bonds is 5. The Morgan fingerprint density at radius 1 is 1.38 bits per heavy atom. The van der Waals surface area contributed by atoms with Crippen LogP contribution in [0.2, 0.25) is 0 Å². The monoisotopic (exact) mass is 305 g/mol. The van der Waals surface area contributed by atoms with Gasteiger partial charge in [-0.25, -0.2) is 9.37 Å². The molecular formula is C16H20FN3S. The summed E-state index contributed by atoms with van der Waals surface area (Å²) in [5, 5.41) is 0. The number of benzene rings is 1. The first kappa shape index (κ1) is 14.6. The van der Waals surface area contributed by atoms with Gasteiger partial charge in [0.15, 0.2) is 0 Å². The molecule has 1 atom stereocenters. The van der Waals surface area contributed by atoms with Gasteiger partial charge >= 0.3 is 0 Å². The van der Waals surface area contributed by atoms with Crippen LogP contribution in [0.15, 0.2) is 41.6 Å². The molecule has 3 rings (SSSR count). The Kier molecular flexibility index (Phi) is 4.60. The van der Waals surface area contributed by atoms with Crippen LogP contribution in [0.5, 0.6) is 0 Å². The Labute approximate surface area is 129 Å². The lowest BCUT2D eigenvalue weighted by Crippen LogP contribution is -2.27. The van der Waals surface area contributed by atoms with Gasteiger partial charge in [0.2, 0.25) is 0 Å². The van der Waals surface area contributed by atoms with E-state index in [0.29, 0.717) is 6.04 Å². The van der Waals surface area contributed by atoms with E-state index in [-0.39, 0.29) is 5.82 Å². The van der Waals surface area contributed by atoms with Crippen molar-refractivity contribution in [2.75, 3.05) is 18.8 Å². The molecule has 0 spiro atoms. The minimum atomic E-state index is -0.121. The lowest BCUT2D eigenvalue weighted by molar-refractivity contribution is 0.260. The predicted octanol–water partition coefficient (Wildman–Crippen LogP) is 3.49. The van der Waals surface area contributed by atoms with Crippen LogP contribution in [-0.4, -0.2) is 33.3 Å². The van der Waals surface area contributed by atoms with Crippen LogP contribution < -0.4 is 0 Å². The molecule has 1 saturated heterocycles. The van der Waals surface area contributed by atoms with Crippen LogP contribution >= 0.6 is 11.8 Å². The van der Waals surface area contributed by atoms with E-state index in [1.54, 1.807) is 17.8 Å². The molecule has 0 N–H and O–H groups in total. The van der Waals surface area contributed by atoms with Gasteiger partial charge in [-0.2, -0.15) is 0 Å².